The lowest BCUT2D eigenvalue weighted by atomic mass is 10.0. The first-order valence-corrected chi connectivity index (χ1v) is 8.55. The first-order valence-electron chi connectivity index (χ1n) is 8.55. The van der Waals surface area contributed by atoms with Crippen molar-refractivity contribution in [3.05, 3.63) is 59.2 Å². The maximum atomic E-state index is 12.0. The van der Waals surface area contributed by atoms with Crippen molar-refractivity contribution < 1.29 is 9.53 Å². The Morgan fingerprint density at radius 2 is 1.67 bits per heavy atom. The summed E-state index contributed by atoms with van der Waals surface area (Å²) in [5.74, 6) is 1.40. The van der Waals surface area contributed by atoms with E-state index in [0.29, 0.717) is 25.4 Å². The summed E-state index contributed by atoms with van der Waals surface area (Å²) < 4.78 is 5.70. The van der Waals surface area contributed by atoms with Crippen molar-refractivity contribution in [2.24, 2.45) is 0 Å². The molecule has 1 amide bonds. The highest BCUT2D eigenvalue weighted by Gasteiger charge is 2.04. The minimum absolute atomic E-state index is 0.0266. The Morgan fingerprint density at radius 3 is 2.25 bits per heavy atom. The van der Waals surface area contributed by atoms with Gasteiger partial charge in [-0.05, 0) is 67.1 Å². The zero-order valence-corrected chi connectivity index (χ0v) is 15.1. The fraction of sp³-hybridized carbons (Fsp3) is 0.381. The van der Waals surface area contributed by atoms with E-state index in [0.717, 1.165) is 22.6 Å². The van der Waals surface area contributed by atoms with E-state index in [9.17, 15) is 4.79 Å². The summed E-state index contributed by atoms with van der Waals surface area (Å²) in [5.41, 5.74) is 4.47. The monoisotopic (exact) mass is 325 g/mol. The number of ether oxygens (including phenoxy) is 1. The van der Waals surface area contributed by atoms with E-state index < -0.39 is 0 Å². The van der Waals surface area contributed by atoms with Gasteiger partial charge in [0.15, 0.2) is 0 Å². The maximum Gasteiger partial charge on any atom is 0.224 e. The van der Waals surface area contributed by atoms with Crippen molar-refractivity contribution >= 4 is 11.6 Å². The molecule has 0 fully saturated rings. The van der Waals surface area contributed by atoms with Crippen LogP contribution in [0.1, 0.15) is 49.3 Å². The van der Waals surface area contributed by atoms with E-state index in [-0.39, 0.29) is 5.91 Å². The van der Waals surface area contributed by atoms with Crippen molar-refractivity contribution in [3.63, 3.8) is 0 Å². The van der Waals surface area contributed by atoms with Crippen LogP contribution in [0.2, 0.25) is 0 Å². The summed E-state index contributed by atoms with van der Waals surface area (Å²) in [7, 11) is 0. The number of amides is 1. The normalized spacial score (nSPS) is 10.7. The predicted octanol–water partition coefficient (Wildman–Crippen LogP) is 5.22. The molecule has 0 unspecified atom stereocenters. The van der Waals surface area contributed by atoms with Gasteiger partial charge in [0, 0.05) is 12.1 Å². The molecule has 24 heavy (non-hydrogen) atoms. The number of anilines is 1. The lowest BCUT2D eigenvalue weighted by Gasteiger charge is -2.10. The molecule has 0 spiro atoms. The molecular weight excluding hydrogens is 298 g/mol. The number of carbonyl (C=O) groups excluding carboxylic acids is 1. The Kier molecular flexibility index (Phi) is 6.42. The molecule has 0 bridgehead atoms. The number of hydrogen-bond donors (Lipinski definition) is 1. The Labute approximate surface area is 145 Å². The van der Waals surface area contributed by atoms with Crippen LogP contribution in [-0.2, 0) is 4.79 Å². The van der Waals surface area contributed by atoms with Crippen molar-refractivity contribution in [1.82, 2.24) is 0 Å². The zero-order valence-electron chi connectivity index (χ0n) is 15.1. The lowest BCUT2D eigenvalue weighted by Crippen LogP contribution is -2.13. The minimum atomic E-state index is 0.0266. The van der Waals surface area contributed by atoms with E-state index in [1.165, 1.54) is 5.56 Å². The highest BCUT2D eigenvalue weighted by molar-refractivity contribution is 5.90. The quantitative estimate of drug-likeness (QED) is 0.708. The number of hydrogen-bond acceptors (Lipinski definition) is 2. The van der Waals surface area contributed by atoms with Crippen LogP contribution in [0.3, 0.4) is 0 Å². The molecule has 0 aliphatic rings. The topological polar surface area (TPSA) is 38.3 Å². The first-order chi connectivity index (χ1) is 11.4. The van der Waals surface area contributed by atoms with Gasteiger partial charge in [-0.25, -0.2) is 0 Å². The van der Waals surface area contributed by atoms with E-state index in [1.807, 2.05) is 38.1 Å². The fourth-order valence-electron chi connectivity index (χ4n) is 2.64. The van der Waals surface area contributed by atoms with E-state index >= 15 is 0 Å². The van der Waals surface area contributed by atoms with Gasteiger partial charge in [0.25, 0.3) is 0 Å². The Morgan fingerprint density at radius 1 is 1.04 bits per heavy atom. The Bertz CT molecular complexity index is 654. The molecule has 2 aromatic rings. The van der Waals surface area contributed by atoms with Crippen molar-refractivity contribution in [2.75, 3.05) is 11.9 Å². The van der Waals surface area contributed by atoms with E-state index in [2.05, 4.69) is 37.4 Å². The van der Waals surface area contributed by atoms with E-state index in [4.69, 9.17) is 4.74 Å². The molecular formula is C21H27NO2. The third-order valence-corrected chi connectivity index (χ3v) is 3.87. The van der Waals surface area contributed by atoms with Gasteiger partial charge in [0.2, 0.25) is 5.91 Å². The molecule has 0 saturated carbocycles. The summed E-state index contributed by atoms with van der Waals surface area (Å²) in [4.78, 5) is 12.0. The molecule has 0 atom stereocenters. The van der Waals surface area contributed by atoms with Crippen LogP contribution in [0, 0.1) is 13.8 Å². The molecule has 2 rings (SSSR count). The SMILES string of the molecule is Cc1cc(C)cc(NC(=O)CCCOc2ccc(C(C)C)cc2)c1. The van der Waals surface area contributed by atoms with Crippen LogP contribution in [0.25, 0.3) is 0 Å². The second-order valence-corrected chi connectivity index (χ2v) is 6.60. The van der Waals surface area contributed by atoms with Gasteiger partial charge < -0.3 is 10.1 Å². The van der Waals surface area contributed by atoms with E-state index in [1.54, 1.807) is 0 Å². The van der Waals surface area contributed by atoms with Crippen LogP contribution in [0.5, 0.6) is 5.75 Å². The average Bonchev–Trinajstić information content (AvgIpc) is 2.51. The zero-order chi connectivity index (χ0) is 17.5. The molecule has 128 valence electrons. The number of nitrogens with one attached hydrogen (secondary N) is 1. The molecule has 0 heterocycles. The molecule has 3 nitrogen and oxygen atoms in total. The van der Waals surface area contributed by atoms with Gasteiger partial charge in [-0.1, -0.05) is 32.0 Å². The molecule has 0 aromatic heterocycles. The standard InChI is InChI=1S/C21H27NO2/c1-15(2)18-7-9-20(10-8-18)24-11-5-6-21(23)22-19-13-16(3)12-17(4)14-19/h7-10,12-15H,5-6,11H2,1-4H3,(H,22,23). The first kappa shape index (κ1) is 18.1. The summed E-state index contributed by atoms with van der Waals surface area (Å²) in [6.45, 7) is 8.94. The molecule has 2 aromatic carbocycles. The van der Waals surface area contributed by atoms with Gasteiger partial charge in [-0.15, -0.1) is 0 Å². The van der Waals surface area contributed by atoms with Crippen LogP contribution in [-0.4, -0.2) is 12.5 Å². The third kappa shape index (κ3) is 5.73. The maximum absolute atomic E-state index is 12.0. The van der Waals surface area contributed by atoms with Gasteiger partial charge in [-0.2, -0.15) is 0 Å². The molecule has 3 heteroatoms. The second-order valence-electron chi connectivity index (χ2n) is 6.60. The molecule has 0 radical (unpaired) electrons. The van der Waals surface area contributed by atoms with Crippen molar-refractivity contribution in [1.29, 1.82) is 0 Å². The van der Waals surface area contributed by atoms with Crippen LogP contribution in [0.15, 0.2) is 42.5 Å². The number of aryl methyl sites for hydroxylation is 2. The minimum Gasteiger partial charge on any atom is -0.494 e. The van der Waals surface area contributed by atoms with Gasteiger partial charge in [0.1, 0.15) is 5.75 Å². The largest absolute Gasteiger partial charge is 0.494 e. The Hall–Kier alpha value is -2.29. The number of rotatable bonds is 7. The van der Waals surface area contributed by atoms with Gasteiger partial charge in [0.05, 0.1) is 6.61 Å². The smallest absolute Gasteiger partial charge is 0.224 e. The predicted molar refractivity (Wildman–Crippen MR) is 99.8 cm³/mol. The molecule has 0 aliphatic heterocycles. The van der Waals surface area contributed by atoms with Gasteiger partial charge >= 0.3 is 0 Å². The summed E-state index contributed by atoms with van der Waals surface area (Å²) >= 11 is 0. The summed E-state index contributed by atoms with van der Waals surface area (Å²) in [6, 6.07) is 14.2. The fourth-order valence-corrected chi connectivity index (χ4v) is 2.64. The molecule has 1 N–H and O–H groups in total. The second kappa shape index (κ2) is 8.53. The molecule has 0 aliphatic carbocycles. The Balaban J connectivity index is 1.72. The van der Waals surface area contributed by atoms with Crippen LogP contribution in [0.4, 0.5) is 5.69 Å². The number of carbonyl (C=O) groups is 1. The van der Waals surface area contributed by atoms with Crippen LogP contribution < -0.4 is 10.1 Å². The summed E-state index contributed by atoms with van der Waals surface area (Å²) in [6.07, 6.45) is 1.15. The summed E-state index contributed by atoms with van der Waals surface area (Å²) in [5, 5.41) is 2.95. The third-order valence-electron chi connectivity index (χ3n) is 3.87. The average molecular weight is 325 g/mol. The van der Waals surface area contributed by atoms with Gasteiger partial charge in [-0.3, -0.25) is 4.79 Å². The van der Waals surface area contributed by atoms with Crippen molar-refractivity contribution in [3.8, 4) is 5.75 Å². The highest BCUT2D eigenvalue weighted by atomic mass is 16.5. The van der Waals surface area contributed by atoms with Crippen LogP contribution >= 0.6 is 0 Å². The highest BCUT2D eigenvalue weighted by Crippen LogP contribution is 2.19. The van der Waals surface area contributed by atoms with Crippen molar-refractivity contribution in [2.45, 2.75) is 46.5 Å². The molecule has 0 saturated heterocycles. The lowest BCUT2D eigenvalue weighted by molar-refractivity contribution is -0.116. The number of benzene rings is 2.